The molecule has 184 valence electrons. The number of amides is 2. The lowest BCUT2D eigenvalue weighted by Crippen LogP contribution is -2.47. The number of carbonyl (C=O) groups is 2. The summed E-state index contributed by atoms with van der Waals surface area (Å²) < 4.78 is 24.9. The molecule has 2 amide bonds. The molecule has 3 aromatic rings. The van der Waals surface area contributed by atoms with Crippen molar-refractivity contribution < 1.29 is 18.0 Å². The van der Waals surface area contributed by atoms with Crippen molar-refractivity contribution in [3.8, 4) is 0 Å². The smallest absolute Gasteiger partial charge is 0.247 e. The van der Waals surface area contributed by atoms with Gasteiger partial charge >= 0.3 is 0 Å². The summed E-state index contributed by atoms with van der Waals surface area (Å²) in [6.07, 6.45) is 4.29. The molecule has 0 spiro atoms. The lowest BCUT2D eigenvalue weighted by atomic mass is 10.0. The molecule has 3 rings (SSSR count). The second-order valence-corrected chi connectivity index (χ2v) is 10.6. The predicted octanol–water partition coefficient (Wildman–Crippen LogP) is 3.01. The highest BCUT2D eigenvalue weighted by Crippen LogP contribution is 2.25. The van der Waals surface area contributed by atoms with Crippen molar-refractivity contribution in [2.24, 2.45) is 0 Å². The Balaban J connectivity index is 1.97. The van der Waals surface area contributed by atoms with Gasteiger partial charge in [0.05, 0.1) is 12.8 Å². The second-order valence-electron chi connectivity index (χ2n) is 8.05. The van der Waals surface area contributed by atoms with E-state index < -0.39 is 34.4 Å². The van der Waals surface area contributed by atoms with E-state index in [-0.39, 0.29) is 13.1 Å². The van der Waals surface area contributed by atoms with Crippen molar-refractivity contribution in [3.63, 3.8) is 0 Å². The number of nitrogens with zero attached hydrogens (tertiary/aromatic N) is 3. The first kappa shape index (κ1) is 26.3. The molecular weight excluding hydrogens is 488 g/mol. The first-order valence-corrected chi connectivity index (χ1v) is 13.0. The number of sulfonamides is 1. The van der Waals surface area contributed by atoms with E-state index in [4.69, 9.17) is 11.6 Å². The Morgan fingerprint density at radius 1 is 0.971 bits per heavy atom. The van der Waals surface area contributed by atoms with E-state index in [0.29, 0.717) is 10.6 Å². The minimum absolute atomic E-state index is 0.0792. The number of halogens is 1. The van der Waals surface area contributed by atoms with E-state index in [1.807, 2.05) is 6.07 Å². The third-order valence-electron chi connectivity index (χ3n) is 5.40. The number of rotatable bonds is 10. The normalized spacial score (nSPS) is 12.2. The lowest BCUT2D eigenvalue weighted by molar-refractivity contribution is -0.141. The first-order valence-electron chi connectivity index (χ1n) is 10.8. The molecule has 1 N–H and O–H groups in total. The standard InChI is InChI=1S/C25H27ClN4O4S/c1-29(35(2,33)34)18-23(31)30(17-20-8-10-22(26)11-9-20)24(21-6-4-3-5-7-21)25(32)28-16-19-12-14-27-15-13-19/h3-15,24H,16-18H2,1-2H3,(H,28,32). The van der Waals surface area contributed by atoms with Crippen LogP contribution in [0.25, 0.3) is 0 Å². The fourth-order valence-electron chi connectivity index (χ4n) is 3.40. The third kappa shape index (κ3) is 7.61. The van der Waals surface area contributed by atoms with E-state index in [1.54, 1.807) is 73.1 Å². The topological polar surface area (TPSA) is 99.7 Å². The summed E-state index contributed by atoms with van der Waals surface area (Å²) in [6.45, 7) is -0.0832. The van der Waals surface area contributed by atoms with Crippen molar-refractivity contribution in [1.29, 1.82) is 0 Å². The number of hydrogen-bond acceptors (Lipinski definition) is 5. The molecule has 0 bridgehead atoms. The van der Waals surface area contributed by atoms with Crippen molar-refractivity contribution >= 4 is 33.4 Å². The quantitative estimate of drug-likeness (QED) is 0.448. The maximum Gasteiger partial charge on any atom is 0.247 e. The Labute approximate surface area is 210 Å². The number of aromatic nitrogens is 1. The zero-order valence-electron chi connectivity index (χ0n) is 19.5. The monoisotopic (exact) mass is 514 g/mol. The number of pyridine rings is 1. The molecule has 0 aliphatic heterocycles. The summed E-state index contributed by atoms with van der Waals surface area (Å²) in [5.41, 5.74) is 2.20. The predicted molar refractivity (Wildman–Crippen MR) is 135 cm³/mol. The fourth-order valence-corrected chi connectivity index (χ4v) is 3.87. The Morgan fingerprint density at radius 3 is 2.20 bits per heavy atom. The van der Waals surface area contributed by atoms with Crippen LogP contribution in [0.3, 0.4) is 0 Å². The average molecular weight is 515 g/mol. The summed E-state index contributed by atoms with van der Waals surface area (Å²) in [5.74, 6) is -0.905. The van der Waals surface area contributed by atoms with Gasteiger partial charge in [-0.1, -0.05) is 54.1 Å². The van der Waals surface area contributed by atoms with Gasteiger partial charge in [0.1, 0.15) is 6.04 Å². The van der Waals surface area contributed by atoms with Gasteiger partial charge in [-0.3, -0.25) is 14.6 Å². The van der Waals surface area contributed by atoms with Crippen LogP contribution in [0.4, 0.5) is 0 Å². The van der Waals surface area contributed by atoms with Crippen LogP contribution in [-0.4, -0.2) is 54.3 Å². The third-order valence-corrected chi connectivity index (χ3v) is 6.92. The van der Waals surface area contributed by atoms with Gasteiger partial charge in [-0.05, 0) is 41.0 Å². The molecular formula is C25H27ClN4O4S. The van der Waals surface area contributed by atoms with Gasteiger partial charge in [0.25, 0.3) is 0 Å². The van der Waals surface area contributed by atoms with E-state index in [2.05, 4.69) is 10.3 Å². The van der Waals surface area contributed by atoms with Gasteiger partial charge in [0, 0.05) is 37.6 Å². The van der Waals surface area contributed by atoms with Gasteiger partial charge in [-0.15, -0.1) is 0 Å². The molecule has 1 aromatic heterocycles. The van der Waals surface area contributed by atoms with Crippen molar-refractivity contribution in [1.82, 2.24) is 19.5 Å². The van der Waals surface area contributed by atoms with Gasteiger partial charge in [-0.2, -0.15) is 4.31 Å². The van der Waals surface area contributed by atoms with Crippen LogP contribution in [0, 0.1) is 0 Å². The van der Waals surface area contributed by atoms with E-state index >= 15 is 0 Å². The molecule has 0 saturated heterocycles. The molecule has 1 heterocycles. The zero-order chi connectivity index (χ0) is 25.4. The summed E-state index contributed by atoms with van der Waals surface area (Å²) >= 11 is 6.02. The van der Waals surface area contributed by atoms with E-state index in [9.17, 15) is 18.0 Å². The maximum absolute atomic E-state index is 13.5. The van der Waals surface area contributed by atoms with Crippen molar-refractivity contribution in [2.75, 3.05) is 19.8 Å². The number of carbonyl (C=O) groups excluding carboxylic acids is 2. The van der Waals surface area contributed by atoms with Gasteiger partial charge in [0.15, 0.2) is 0 Å². The van der Waals surface area contributed by atoms with Crippen LogP contribution in [-0.2, 0) is 32.7 Å². The molecule has 1 atom stereocenters. The van der Waals surface area contributed by atoms with Crippen molar-refractivity contribution in [3.05, 3.63) is 101 Å². The molecule has 0 radical (unpaired) electrons. The Kier molecular flexibility index (Phi) is 8.97. The molecule has 0 aliphatic carbocycles. The molecule has 0 fully saturated rings. The molecule has 35 heavy (non-hydrogen) atoms. The van der Waals surface area contributed by atoms with Gasteiger partial charge in [-0.25, -0.2) is 8.42 Å². The minimum atomic E-state index is -3.60. The Hall–Kier alpha value is -3.27. The van der Waals surface area contributed by atoms with E-state index in [0.717, 1.165) is 21.7 Å². The number of hydrogen-bond donors (Lipinski definition) is 1. The largest absolute Gasteiger partial charge is 0.350 e. The fraction of sp³-hybridized carbons (Fsp3) is 0.240. The highest BCUT2D eigenvalue weighted by molar-refractivity contribution is 7.88. The molecule has 2 aromatic carbocycles. The van der Waals surface area contributed by atoms with Crippen LogP contribution in [0.2, 0.25) is 5.02 Å². The van der Waals surface area contributed by atoms with Crippen LogP contribution in [0.1, 0.15) is 22.7 Å². The first-order chi connectivity index (χ1) is 16.6. The molecule has 1 unspecified atom stereocenters. The van der Waals surface area contributed by atoms with Crippen molar-refractivity contribution in [2.45, 2.75) is 19.1 Å². The Bertz CT molecular complexity index is 1240. The van der Waals surface area contributed by atoms with Crippen LogP contribution in [0.15, 0.2) is 79.1 Å². The summed E-state index contributed by atoms with van der Waals surface area (Å²) in [4.78, 5) is 32.4. The zero-order valence-corrected chi connectivity index (χ0v) is 21.0. The highest BCUT2D eigenvalue weighted by atomic mass is 35.5. The molecule has 10 heteroatoms. The van der Waals surface area contributed by atoms with Crippen LogP contribution < -0.4 is 5.32 Å². The lowest BCUT2D eigenvalue weighted by Gasteiger charge is -2.32. The van der Waals surface area contributed by atoms with Crippen LogP contribution in [0.5, 0.6) is 0 Å². The van der Waals surface area contributed by atoms with E-state index in [1.165, 1.54) is 11.9 Å². The van der Waals surface area contributed by atoms with Gasteiger partial charge in [0.2, 0.25) is 21.8 Å². The minimum Gasteiger partial charge on any atom is -0.350 e. The number of benzene rings is 2. The summed E-state index contributed by atoms with van der Waals surface area (Å²) in [7, 11) is -2.28. The average Bonchev–Trinajstić information content (AvgIpc) is 2.84. The highest BCUT2D eigenvalue weighted by Gasteiger charge is 2.32. The number of nitrogens with one attached hydrogen (secondary N) is 1. The number of likely N-dealkylation sites (N-methyl/N-ethyl adjacent to an activating group) is 1. The summed E-state index contributed by atoms with van der Waals surface area (Å²) in [6, 6.07) is 18.4. The Morgan fingerprint density at radius 2 is 1.60 bits per heavy atom. The van der Waals surface area contributed by atoms with Gasteiger partial charge < -0.3 is 10.2 Å². The summed E-state index contributed by atoms with van der Waals surface area (Å²) in [5, 5.41) is 3.44. The van der Waals surface area contributed by atoms with Crippen LogP contribution >= 0.6 is 11.6 Å². The molecule has 0 saturated carbocycles. The maximum atomic E-state index is 13.5. The second kappa shape index (κ2) is 11.9. The molecule has 0 aliphatic rings. The molecule has 8 nitrogen and oxygen atoms in total. The SMILES string of the molecule is CN(CC(=O)N(Cc1ccc(Cl)cc1)C(C(=O)NCc1ccncc1)c1ccccc1)S(C)(=O)=O.